The molecule has 26 heavy (non-hydrogen) atoms. The molecule has 0 saturated carbocycles. The first-order valence-corrected chi connectivity index (χ1v) is 7.95. The topological polar surface area (TPSA) is 105 Å². The summed E-state index contributed by atoms with van der Waals surface area (Å²) >= 11 is 5.91. The van der Waals surface area contributed by atoms with E-state index in [0.29, 0.717) is 17.3 Å². The van der Waals surface area contributed by atoms with Crippen molar-refractivity contribution in [2.75, 3.05) is 13.7 Å². The Morgan fingerprint density at radius 2 is 2.12 bits per heavy atom. The van der Waals surface area contributed by atoms with Gasteiger partial charge in [0, 0.05) is 23.9 Å². The third-order valence-electron chi connectivity index (χ3n) is 2.83. The summed E-state index contributed by atoms with van der Waals surface area (Å²) in [5.41, 5.74) is 0.592. The highest BCUT2D eigenvalue weighted by atomic mass is 35.5. The third kappa shape index (κ3) is 5.85. The molecule has 2 aromatic heterocycles. The molecule has 0 aliphatic carbocycles. The van der Waals surface area contributed by atoms with E-state index in [2.05, 4.69) is 19.8 Å². The lowest BCUT2D eigenvalue weighted by atomic mass is 10.2. The molecule has 10 heteroatoms. The van der Waals surface area contributed by atoms with Gasteiger partial charge in [-0.3, -0.25) is 0 Å². The first kappa shape index (κ1) is 19.4. The molecule has 0 aliphatic heterocycles. The minimum atomic E-state index is -1.05. The van der Waals surface area contributed by atoms with E-state index in [4.69, 9.17) is 21.1 Å². The van der Waals surface area contributed by atoms with Gasteiger partial charge >= 0.3 is 12.1 Å². The predicted octanol–water partition coefficient (Wildman–Crippen LogP) is 2.81. The van der Waals surface area contributed by atoms with Crippen LogP contribution < -0.4 is 4.74 Å². The summed E-state index contributed by atoms with van der Waals surface area (Å²) < 4.78 is 15.5. The van der Waals surface area contributed by atoms with Crippen molar-refractivity contribution < 1.29 is 23.8 Å². The minimum Gasteiger partial charge on any atom is -0.481 e. The molecule has 0 aliphatic rings. The molecule has 2 heterocycles. The van der Waals surface area contributed by atoms with Crippen LogP contribution in [0, 0.1) is 5.92 Å². The zero-order valence-electron chi connectivity index (χ0n) is 14.4. The van der Waals surface area contributed by atoms with E-state index < -0.39 is 12.1 Å². The van der Waals surface area contributed by atoms with Crippen molar-refractivity contribution in [1.82, 2.24) is 19.7 Å². The predicted molar refractivity (Wildman–Crippen MR) is 92.4 cm³/mol. The molecular weight excluding hydrogens is 364 g/mol. The summed E-state index contributed by atoms with van der Waals surface area (Å²) in [5, 5.41) is 4.39. The van der Waals surface area contributed by atoms with Gasteiger partial charge in [0.2, 0.25) is 5.88 Å². The Bertz CT molecular complexity index is 819. The quantitative estimate of drug-likeness (QED) is 0.326. The van der Waals surface area contributed by atoms with Gasteiger partial charge in [-0.2, -0.15) is 0 Å². The van der Waals surface area contributed by atoms with Crippen molar-refractivity contribution in [3.63, 3.8) is 0 Å². The Balaban J connectivity index is 1.99. The van der Waals surface area contributed by atoms with Crippen LogP contribution >= 0.6 is 11.6 Å². The Kier molecular flexibility index (Phi) is 6.67. The second-order valence-electron chi connectivity index (χ2n) is 5.46. The molecule has 0 amide bonds. The number of aromatic nitrogens is 4. The Morgan fingerprint density at radius 1 is 1.35 bits per heavy atom. The molecular formula is C16H17ClN4O5. The van der Waals surface area contributed by atoms with Gasteiger partial charge in [-0.1, -0.05) is 25.4 Å². The highest BCUT2D eigenvalue weighted by Gasteiger charge is 2.11. The van der Waals surface area contributed by atoms with E-state index in [9.17, 15) is 9.59 Å². The number of ether oxygens (including phenoxy) is 3. The Morgan fingerprint density at radius 3 is 2.81 bits per heavy atom. The van der Waals surface area contributed by atoms with Crippen LogP contribution in [0.25, 0.3) is 17.6 Å². The van der Waals surface area contributed by atoms with Crippen LogP contribution in [0.1, 0.15) is 13.8 Å². The fraction of sp³-hybridized carbons (Fsp3) is 0.312. The molecule has 0 aromatic carbocycles. The number of carbonyl (C=O) groups is 2. The molecule has 2 rings (SSSR count). The Labute approximate surface area is 154 Å². The maximum absolute atomic E-state index is 11.6. The standard InChI is InChI=1S/C16H17ClN4O5/c1-10(2)8-25-16(23)26-14(22)4-5-21-9-18-15(20-21)11-6-12(17)19-13(7-11)24-3/h4-7,9-10H,8H2,1-3H3/b5-4-. The van der Waals surface area contributed by atoms with E-state index >= 15 is 0 Å². The molecule has 0 spiro atoms. The van der Waals surface area contributed by atoms with E-state index in [1.165, 1.54) is 24.3 Å². The van der Waals surface area contributed by atoms with Gasteiger partial charge in [0.25, 0.3) is 0 Å². The van der Waals surface area contributed by atoms with Crippen molar-refractivity contribution in [3.8, 4) is 17.3 Å². The fourth-order valence-electron chi connectivity index (χ4n) is 1.70. The molecule has 2 aromatic rings. The summed E-state index contributed by atoms with van der Waals surface area (Å²) in [7, 11) is 1.47. The van der Waals surface area contributed by atoms with Gasteiger partial charge in [0.1, 0.15) is 11.5 Å². The average Bonchev–Trinajstić information content (AvgIpc) is 3.06. The van der Waals surface area contributed by atoms with E-state index in [0.717, 1.165) is 6.08 Å². The van der Waals surface area contributed by atoms with Gasteiger partial charge in [-0.25, -0.2) is 24.2 Å². The van der Waals surface area contributed by atoms with E-state index in [-0.39, 0.29) is 17.7 Å². The molecule has 9 nitrogen and oxygen atoms in total. The van der Waals surface area contributed by atoms with Crippen LogP contribution in [-0.2, 0) is 14.3 Å². The summed E-state index contributed by atoms with van der Waals surface area (Å²) in [6.45, 7) is 3.89. The summed E-state index contributed by atoms with van der Waals surface area (Å²) in [4.78, 5) is 30.9. The highest BCUT2D eigenvalue weighted by molar-refractivity contribution is 6.29. The fourth-order valence-corrected chi connectivity index (χ4v) is 1.90. The number of esters is 1. The van der Waals surface area contributed by atoms with Gasteiger partial charge in [0.15, 0.2) is 5.82 Å². The highest BCUT2D eigenvalue weighted by Crippen LogP contribution is 2.22. The van der Waals surface area contributed by atoms with Gasteiger partial charge in [-0.15, -0.1) is 5.10 Å². The number of rotatable bonds is 6. The second-order valence-corrected chi connectivity index (χ2v) is 5.85. The number of hydrogen-bond donors (Lipinski definition) is 0. The summed E-state index contributed by atoms with van der Waals surface area (Å²) in [6.07, 6.45) is 2.63. The number of methoxy groups -OCH3 is 1. The number of pyridine rings is 1. The van der Waals surface area contributed by atoms with Crippen molar-refractivity contribution in [2.24, 2.45) is 5.92 Å². The maximum atomic E-state index is 11.6. The number of halogens is 1. The zero-order chi connectivity index (χ0) is 19.1. The molecule has 0 unspecified atom stereocenters. The first-order chi connectivity index (χ1) is 12.4. The van der Waals surface area contributed by atoms with Gasteiger partial charge < -0.3 is 14.2 Å². The monoisotopic (exact) mass is 380 g/mol. The molecule has 0 atom stereocenters. The molecule has 0 N–H and O–H groups in total. The average molecular weight is 381 g/mol. The van der Waals surface area contributed by atoms with Crippen LogP contribution in [0.2, 0.25) is 5.15 Å². The van der Waals surface area contributed by atoms with Crippen LogP contribution in [0.4, 0.5) is 4.79 Å². The summed E-state index contributed by atoms with van der Waals surface area (Å²) in [6, 6.07) is 3.20. The lowest BCUT2D eigenvalue weighted by Gasteiger charge is -2.05. The summed E-state index contributed by atoms with van der Waals surface area (Å²) in [5.74, 6) is -0.0728. The molecule has 0 saturated heterocycles. The third-order valence-corrected chi connectivity index (χ3v) is 3.02. The van der Waals surface area contributed by atoms with Crippen molar-refractivity contribution in [2.45, 2.75) is 13.8 Å². The molecule has 0 bridgehead atoms. The second kappa shape index (κ2) is 8.95. The van der Waals surface area contributed by atoms with Crippen molar-refractivity contribution in [1.29, 1.82) is 0 Å². The molecule has 138 valence electrons. The van der Waals surface area contributed by atoms with Crippen molar-refractivity contribution >= 4 is 29.9 Å². The minimum absolute atomic E-state index is 0.141. The van der Waals surface area contributed by atoms with Crippen LogP contribution in [0.5, 0.6) is 5.88 Å². The van der Waals surface area contributed by atoms with Crippen LogP contribution in [0.15, 0.2) is 24.5 Å². The van der Waals surface area contributed by atoms with Gasteiger partial charge in [-0.05, 0) is 12.0 Å². The molecule has 0 radical (unpaired) electrons. The largest absolute Gasteiger partial charge is 0.516 e. The number of carbonyl (C=O) groups excluding carboxylic acids is 2. The van der Waals surface area contributed by atoms with Crippen LogP contribution in [-0.4, -0.2) is 45.6 Å². The van der Waals surface area contributed by atoms with E-state index in [1.54, 1.807) is 12.1 Å². The Hall–Kier alpha value is -2.94. The lowest BCUT2D eigenvalue weighted by Crippen LogP contribution is -2.14. The maximum Gasteiger partial charge on any atom is 0.516 e. The number of hydrogen-bond acceptors (Lipinski definition) is 8. The van der Waals surface area contributed by atoms with Crippen LogP contribution in [0.3, 0.4) is 0 Å². The lowest BCUT2D eigenvalue weighted by molar-refractivity contribution is -0.134. The molecule has 0 fully saturated rings. The smallest absolute Gasteiger partial charge is 0.481 e. The SMILES string of the molecule is COc1cc(-c2ncn(/C=C\C(=O)OC(=O)OCC(C)C)n2)cc(Cl)n1. The van der Waals surface area contributed by atoms with Crippen molar-refractivity contribution in [3.05, 3.63) is 29.7 Å². The van der Waals surface area contributed by atoms with E-state index in [1.807, 2.05) is 13.8 Å². The first-order valence-electron chi connectivity index (χ1n) is 7.57. The normalized spacial score (nSPS) is 11.0. The zero-order valence-corrected chi connectivity index (χ0v) is 15.1. The van der Waals surface area contributed by atoms with Gasteiger partial charge in [0.05, 0.1) is 13.7 Å². The number of nitrogens with zero attached hydrogens (tertiary/aromatic N) is 4.